The number of nitro benzene ring substituents is 1. The fourth-order valence-corrected chi connectivity index (χ4v) is 3.79. The van der Waals surface area contributed by atoms with Crippen molar-refractivity contribution in [3.63, 3.8) is 0 Å². The lowest BCUT2D eigenvalue weighted by atomic mass is 10.2. The highest BCUT2D eigenvalue weighted by Crippen LogP contribution is 2.37. The van der Waals surface area contributed by atoms with E-state index < -0.39 is 10.7 Å². The van der Waals surface area contributed by atoms with Crippen molar-refractivity contribution in [1.82, 2.24) is 29.5 Å². The van der Waals surface area contributed by atoms with Crippen LogP contribution >= 0.6 is 11.6 Å². The molecule has 0 amide bonds. The monoisotopic (exact) mass is 538 g/mol. The summed E-state index contributed by atoms with van der Waals surface area (Å²) in [4.78, 5) is 25.5. The van der Waals surface area contributed by atoms with Crippen LogP contribution in [0, 0.1) is 15.9 Å². The highest BCUT2D eigenvalue weighted by molar-refractivity contribution is 6.32. The van der Waals surface area contributed by atoms with Crippen LogP contribution in [0.25, 0.3) is 16.6 Å². The van der Waals surface area contributed by atoms with Crippen molar-refractivity contribution in [3.8, 4) is 17.2 Å². The van der Waals surface area contributed by atoms with Gasteiger partial charge < -0.3 is 19.7 Å². The van der Waals surface area contributed by atoms with E-state index in [9.17, 15) is 10.1 Å². The summed E-state index contributed by atoms with van der Waals surface area (Å²) in [6, 6.07) is 8.49. The first-order chi connectivity index (χ1) is 18.3. The van der Waals surface area contributed by atoms with Crippen LogP contribution in [-0.4, -0.2) is 61.6 Å². The highest BCUT2D eigenvalue weighted by atomic mass is 35.5. The number of anilines is 2. The molecule has 1 N–H and O–H groups in total. The lowest BCUT2D eigenvalue weighted by Crippen LogP contribution is -2.19. The number of likely N-dealkylation sites (N-methyl/N-ethyl adjacent to an activating group) is 1. The Morgan fingerprint density at radius 2 is 1.97 bits per heavy atom. The number of aromatic nitrogens is 5. The van der Waals surface area contributed by atoms with Crippen molar-refractivity contribution >= 4 is 45.3 Å². The molecule has 0 unspecified atom stereocenters. The van der Waals surface area contributed by atoms with Gasteiger partial charge in [-0.2, -0.15) is 5.10 Å². The van der Waals surface area contributed by atoms with Crippen molar-refractivity contribution in [2.24, 2.45) is 0 Å². The first-order valence-electron chi connectivity index (χ1n) is 11.2. The molecule has 14 heteroatoms. The first kappa shape index (κ1) is 25.0. The molecule has 38 heavy (non-hydrogen) atoms. The largest absolute Gasteiger partial charge is 0.485 e. The van der Waals surface area contributed by atoms with E-state index in [0.717, 1.165) is 6.07 Å². The average Bonchev–Trinajstić information content (AvgIpc) is 3.34. The van der Waals surface area contributed by atoms with Crippen molar-refractivity contribution < 1.29 is 18.8 Å². The first-order valence-corrected chi connectivity index (χ1v) is 11.6. The van der Waals surface area contributed by atoms with Crippen molar-refractivity contribution in [2.75, 3.05) is 32.6 Å². The molecular formula is C24H20ClFN8O4. The third-order valence-electron chi connectivity index (χ3n) is 5.46. The van der Waals surface area contributed by atoms with Gasteiger partial charge in [0.15, 0.2) is 11.4 Å². The van der Waals surface area contributed by atoms with Crippen molar-refractivity contribution in [2.45, 2.75) is 0 Å². The number of nitro groups is 1. The number of fused-ring (bicyclic) bond motifs is 2. The second-order valence-electron chi connectivity index (χ2n) is 8.38. The molecule has 3 heterocycles. The van der Waals surface area contributed by atoms with E-state index in [-0.39, 0.29) is 40.3 Å². The number of hydrogen-bond acceptors (Lipinski definition) is 10. The number of nitrogens with zero attached hydrogens (tertiary/aromatic N) is 7. The van der Waals surface area contributed by atoms with Crippen LogP contribution in [0.3, 0.4) is 0 Å². The summed E-state index contributed by atoms with van der Waals surface area (Å²) in [5, 5.41) is 19.0. The Bertz CT molecular complexity index is 1660. The summed E-state index contributed by atoms with van der Waals surface area (Å²) in [6.45, 7) is 0.821. The van der Waals surface area contributed by atoms with E-state index in [0.29, 0.717) is 28.8 Å². The van der Waals surface area contributed by atoms with E-state index in [2.05, 4.69) is 25.4 Å². The van der Waals surface area contributed by atoms with Crippen LogP contribution in [0.15, 0.2) is 55.2 Å². The Balaban J connectivity index is 1.43. The Morgan fingerprint density at radius 1 is 1.13 bits per heavy atom. The zero-order chi connectivity index (χ0) is 26.8. The summed E-state index contributed by atoms with van der Waals surface area (Å²) in [5.74, 6) is 0.0252. The molecule has 3 aromatic heterocycles. The van der Waals surface area contributed by atoms with Crippen molar-refractivity contribution in [3.05, 3.63) is 76.2 Å². The summed E-state index contributed by atoms with van der Waals surface area (Å²) < 4.78 is 28.0. The van der Waals surface area contributed by atoms with E-state index in [1.807, 2.05) is 19.0 Å². The third kappa shape index (κ3) is 5.23. The van der Waals surface area contributed by atoms with Gasteiger partial charge in [-0.25, -0.2) is 23.9 Å². The summed E-state index contributed by atoms with van der Waals surface area (Å²) >= 11 is 6.38. The molecule has 194 valence electrons. The zero-order valence-corrected chi connectivity index (χ0v) is 20.9. The van der Waals surface area contributed by atoms with Crippen LogP contribution < -0.4 is 14.8 Å². The van der Waals surface area contributed by atoms with Crippen molar-refractivity contribution in [1.29, 1.82) is 0 Å². The molecule has 0 atom stereocenters. The van der Waals surface area contributed by atoms with Crippen LogP contribution in [0.4, 0.5) is 21.6 Å². The molecule has 0 fully saturated rings. The lowest BCUT2D eigenvalue weighted by molar-refractivity contribution is -0.385. The fourth-order valence-electron chi connectivity index (χ4n) is 3.59. The van der Waals surface area contributed by atoms with Gasteiger partial charge in [0.1, 0.15) is 42.4 Å². The van der Waals surface area contributed by atoms with Gasteiger partial charge in [-0.3, -0.25) is 10.1 Å². The van der Waals surface area contributed by atoms with Gasteiger partial charge in [0.2, 0.25) is 0 Å². The normalized spacial score (nSPS) is 11.3. The molecule has 0 saturated carbocycles. The number of benzene rings is 2. The number of halogens is 2. The van der Waals surface area contributed by atoms with Gasteiger partial charge in [-0.15, -0.1) is 0 Å². The molecule has 0 spiro atoms. The SMILES string of the molecule is CN(C)CCOc1cc2ncnc(Nc3cc(Cl)c(Oc4ccn5ncnc5c4)cc3F)c2cc1[N+](=O)[O-]. The minimum absolute atomic E-state index is 0.00998. The number of pyridine rings is 1. The van der Waals surface area contributed by atoms with Crippen LogP contribution in [0.5, 0.6) is 17.2 Å². The molecule has 0 aliphatic carbocycles. The molecule has 5 aromatic rings. The van der Waals surface area contributed by atoms with E-state index in [1.165, 1.54) is 30.9 Å². The Labute approximate surface area is 219 Å². The molecule has 0 saturated heterocycles. The number of nitrogens with one attached hydrogen (secondary N) is 1. The molecule has 0 aliphatic rings. The average molecular weight is 539 g/mol. The maximum atomic E-state index is 15.1. The minimum atomic E-state index is -0.683. The maximum Gasteiger partial charge on any atom is 0.311 e. The summed E-state index contributed by atoms with van der Waals surface area (Å²) in [6.07, 6.45) is 4.31. The van der Waals surface area contributed by atoms with Gasteiger partial charge in [-0.1, -0.05) is 11.6 Å². The molecule has 2 aromatic carbocycles. The Kier molecular flexibility index (Phi) is 6.85. The van der Waals surface area contributed by atoms with Crippen LogP contribution in [-0.2, 0) is 0 Å². The zero-order valence-electron chi connectivity index (χ0n) is 20.1. The molecule has 12 nitrogen and oxygen atoms in total. The predicted octanol–water partition coefficient (Wildman–Crippen LogP) is 4.85. The fraction of sp³-hybridized carbons (Fsp3) is 0.167. The van der Waals surface area contributed by atoms with Gasteiger partial charge in [-0.05, 0) is 26.2 Å². The number of rotatable bonds is 9. The quantitative estimate of drug-likeness (QED) is 0.205. The second-order valence-corrected chi connectivity index (χ2v) is 8.79. The van der Waals surface area contributed by atoms with E-state index >= 15 is 4.39 Å². The Hall–Kier alpha value is -4.62. The standard InChI is InChI=1S/C24H20ClFN8O4/c1-32(2)5-6-37-22-11-18-15(8-20(22)34(35)36)24(29-12-27-18)31-19-9-16(25)21(10-17(19)26)38-14-3-4-33-23(7-14)28-13-30-33/h3-4,7-13H,5-6H2,1-2H3,(H,27,29,31). The lowest BCUT2D eigenvalue weighted by Gasteiger charge is -2.14. The third-order valence-corrected chi connectivity index (χ3v) is 5.76. The smallest absolute Gasteiger partial charge is 0.311 e. The van der Waals surface area contributed by atoms with E-state index in [1.54, 1.807) is 22.8 Å². The summed E-state index contributed by atoms with van der Waals surface area (Å²) in [7, 11) is 3.73. The molecule has 0 aliphatic heterocycles. The molecule has 5 rings (SSSR count). The number of ether oxygens (including phenoxy) is 2. The van der Waals surface area contributed by atoms with Gasteiger partial charge in [0, 0.05) is 37.0 Å². The molecule has 0 bridgehead atoms. The van der Waals surface area contributed by atoms with E-state index in [4.69, 9.17) is 21.1 Å². The van der Waals surface area contributed by atoms with Gasteiger partial charge in [0.05, 0.1) is 26.5 Å². The highest BCUT2D eigenvalue weighted by Gasteiger charge is 2.20. The van der Waals surface area contributed by atoms with Gasteiger partial charge >= 0.3 is 5.69 Å². The maximum absolute atomic E-state index is 15.1. The second kappa shape index (κ2) is 10.4. The van der Waals surface area contributed by atoms with Crippen LogP contribution in [0.1, 0.15) is 0 Å². The molecule has 0 radical (unpaired) electrons. The summed E-state index contributed by atoms with van der Waals surface area (Å²) in [5.41, 5.74) is 0.655. The predicted molar refractivity (Wildman–Crippen MR) is 138 cm³/mol. The minimum Gasteiger partial charge on any atom is -0.485 e. The molecular weight excluding hydrogens is 519 g/mol. The Morgan fingerprint density at radius 3 is 2.76 bits per heavy atom. The topological polar surface area (TPSA) is 133 Å². The van der Waals surface area contributed by atoms with Crippen LogP contribution in [0.2, 0.25) is 5.02 Å². The van der Waals surface area contributed by atoms with Gasteiger partial charge in [0.25, 0.3) is 0 Å². The number of hydrogen-bond donors (Lipinski definition) is 1.